The fraction of sp³-hybridized carbons (Fsp3) is 0.133. The van der Waals surface area contributed by atoms with Crippen LogP contribution in [0.2, 0.25) is 5.02 Å². The van der Waals surface area contributed by atoms with Crippen molar-refractivity contribution in [3.8, 4) is 0 Å². The van der Waals surface area contributed by atoms with Crippen molar-refractivity contribution in [3.05, 3.63) is 62.3 Å². The highest BCUT2D eigenvalue weighted by Crippen LogP contribution is 2.26. The lowest BCUT2D eigenvalue weighted by Crippen LogP contribution is -2.15. The molecule has 2 rings (SSSR count). The summed E-state index contributed by atoms with van der Waals surface area (Å²) in [5, 5.41) is 3.00. The SMILES string of the molecule is Cc1cc(Br)cc(C)c1NC(=O)c1ccc(Cl)cc1F. The first kappa shape index (κ1) is 15.0. The van der Waals surface area contributed by atoms with Crippen molar-refractivity contribution in [1.29, 1.82) is 0 Å². The fourth-order valence-corrected chi connectivity index (χ4v) is 2.81. The standard InChI is InChI=1S/C15H12BrClFNO/c1-8-5-10(16)6-9(2)14(8)19-15(20)12-4-3-11(17)7-13(12)18/h3-7H,1-2H3,(H,19,20). The van der Waals surface area contributed by atoms with Gasteiger partial charge in [0.15, 0.2) is 0 Å². The number of rotatable bonds is 2. The largest absolute Gasteiger partial charge is 0.321 e. The molecule has 5 heteroatoms. The molecule has 0 fully saturated rings. The average Bonchev–Trinajstić information content (AvgIpc) is 2.33. The van der Waals surface area contributed by atoms with E-state index in [1.54, 1.807) is 0 Å². The van der Waals surface area contributed by atoms with Crippen LogP contribution in [0.1, 0.15) is 21.5 Å². The molecule has 104 valence electrons. The van der Waals surface area contributed by atoms with Crippen LogP contribution in [0.15, 0.2) is 34.8 Å². The lowest BCUT2D eigenvalue weighted by atomic mass is 10.1. The number of anilines is 1. The van der Waals surface area contributed by atoms with Crippen LogP contribution >= 0.6 is 27.5 Å². The molecule has 0 saturated heterocycles. The van der Waals surface area contributed by atoms with Gasteiger partial charge in [0, 0.05) is 15.2 Å². The monoisotopic (exact) mass is 355 g/mol. The summed E-state index contributed by atoms with van der Waals surface area (Å²) < 4.78 is 14.6. The second-order valence-electron chi connectivity index (χ2n) is 4.49. The van der Waals surface area contributed by atoms with Gasteiger partial charge in [-0.25, -0.2) is 4.39 Å². The quantitative estimate of drug-likeness (QED) is 0.796. The van der Waals surface area contributed by atoms with E-state index >= 15 is 0 Å². The molecule has 0 saturated carbocycles. The summed E-state index contributed by atoms with van der Waals surface area (Å²) in [4.78, 5) is 12.1. The second kappa shape index (κ2) is 5.94. The van der Waals surface area contributed by atoms with Crippen LogP contribution in [-0.2, 0) is 0 Å². The molecule has 0 unspecified atom stereocenters. The minimum Gasteiger partial charge on any atom is -0.321 e. The maximum absolute atomic E-state index is 13.7. The van der Waals surface area contributed by atoms with Gasteiger partial charge in [0.05, 0.1) is 5.56 Å². The van der Waals surface area contributed by atoms with Gasteiger partial charge in [-0.15, -0.1) is 0 Å². The third-order valence-corrected chi connectivity index (χ3v) is 3.60. The first-order chi connectivity index (χ1) is 9.38. The molecule has 0 radical (unpaired) electrons. The molecule has 0 atom stereocenters. The van der Waals surface area contributed by atoms with Gasteiger partial charge < -0.3 is 5.32 Å². The molecule has 1 amide bonds. The molecular formula is C15H12BrClFNO. The van der Waals surface area contributed by atoms with E-state index in [-0.39, 0.29) is 10.6 Å². The zero-order valence-corrected chi connectivity index (χ0v) is 13.3. The molecule has 0 heterocycles. The van der Waals surface area contributed by atoms with E-state index in [4.69, 9.17) is 11.6 Å². The van der Waals surface area contributed by atoms with Crippen molar-refractivity contribution < 1.29 is 9.18 Å². The summed E-state index contributed by atoms with van der Waals surface area (Å²) in [5.41, 5.74) is 2.46. The van der Waals surface area contributed by atoms with E-state index < -0.39 is 11.7 Å². The Hall–Kier alpha value is -1.39. The third-order valence-electron chi connectivity index (χ3n) is 2.91. The molecule has 0 aliphatic carbocycles. The highest BCUT2D eigenvalue weighted by Gasteiger charge is 2.14. The van der Waals surface area contributed by atoms with Gasteiger partial charge in [-0.1, -0.05) is 27.5 Å². The lowest BCUT2D eigenvalue weighted by Gasteiger charge is -2.12. The Labute approximate surface area is 130 Å². The smallest absolute Gasteiger partial charge is 0.258 e. The summed E-state index contributed by atoms with van der Waals surface area (Å²) in [7, 11) is 0. The molecule has 20 heavy (non-hydrogen) atoms. The van der Waals surface area contributed by atoms with Crippen molar-refractivity contribution in [3.63, 3.8) is 0 Å². The van der Waals surface area contributed by atoms with Gasteiger partial charge in [-0.3, -0.25) is 4.79 Å². The van der Waals surface area contributed by atoms with Gasteiger partial charge >= 0.3 is 0 Å². The number of nitrogens with one attached hydrogen (secondary N) is 1. The van der Waals surface area contributed by atoms with E-state index in [0.717, 1.165) is 21.7 Å². The van der Waals surface area contributed by atoms with Gasteiger partial charge in [0.1, 0.15) is 5.82 Å². The molecule has 0 spiro atoms. The van der Waals surface area contributed by atoms with Crippen molar-refractivity contribution >= 4 is 39.1 Å². The van der Waals surface area contributed by atoms with Gasteiger partial charge in [-0.05, 0) is 55.3 Å². The van der Waals surface area contributed by atoms with E-state index in [9.17, 15) is 9.18 Å². The molecule has 1 N–H and O–H groups in total. The number of halogens is 3. The van der Waals surface area contributed by atoms with Crippen LogP contribution in [-0.4, -0.2) is 5.91 Å². The summed E-state index contributed by atoms with van der Waals surface area (Å²) in [6.45, 7) is 3.76. The highest BCUT2D eigenvalue weighted by atomic mass is 79.9. The molecule has 2 aromatic rings. The zero-order chi connectivity index (χ0) is 14.9. The summed E-state index contributed by atoms with van der Waals surface area (Å²) in [6.07, 6.45) is 0. The topological polar surface area (TPSA) is 29.1 Å². The molecule has 0 aliphatic heterocycles. The zero-order valence-electron chi connectivity index (χ0n) is 10.9. The molecule has 2 aromatic carbocycles. The maximum atomic E-state index is 13.7. The molecule has 0 bridgehead atoms. The van der Waals surface area contributed by atoms with E-state index in [2.05, 4.69) is 21.2 Å². The lowest BCUT2D eigenvalue weighted by molar-refractivity contribution is 0.102. The van der Waals surface area contributed by atoms with E-state index in [1.807, 2.05) is 26.0 Å². The van der Waals surface area contributed by atoms with Crippen LogP contribution < -0.4 is 5.32 Å². The highest BCUT2D eigenvalue weighted by molar-refractivity contribution is 9.10. The van der Waals surface area contributed by atoms with Crippen molar-refractivity contribution in [1.82, 2.24) is 0 Å². The first-order valence-corrected chi connectivity index (χ1v) is 7.08. The molecule has 0 aromatic heterocycles. The predicted octanol–water partition coefficient (Wildman–Crippen LogP) is 5.11. The number of benzene rings is 2. The minimum atomic E-state index is -0.637. The number of hydrogen-bond acceptors (Lipinski definition) is 1. The minimum absolute atomic E-state index is 0.0314. The number of amides is 1. The summed E-state index contributed by atoms with van der Waals surface area (Å²) in [6, 6.07) is 7.76. The fourth-order valence-electron chi connectivity index (χ4n) is 1.96. The Balaban J connectivity index is 2.33. The van der Waals surface area contributed by atoms with Crippen LogP contribution in [0.3, 0.4) is 0 Å². The Morgan fingerprint density at radius 3 is 2.35 bits per heavy atom. The Bertz CT molecular complexity index is 665. The van der Waals surface area contributed by atoms with E-state index in [0.29, 0.717) is 5.69 Å². The van der Waals surface area contributed by atoms with Crippen LogP contribution in [0.25, 0.3) is 0 Å². The first-order valence-electron chi connectivity index (χ1n) is 5.91. The van der Waals surface area contributed by atoms with Crippen LogP contribution in [0.4, 0.5) is 10.1 Å². The maximum Gasteiger partial charge on any atom is 0.258 e. The number of carbonyl (C=O) groups is 1. The molecule has 2 nitrogen and oxygen atoms in total. The Morgan fingerprint density at radius 1 is 1.20 bits per heavy atom. The third kappa shape index (κ3) is 3.19. The van der Waals surface area contributed by atoms with Gasteiger partial charge in [0.2, 0.25) is 0 Å². The normalized spacial score (nSPS) is 10.4. The second-order valence-corrected chi connectivity index (χ2v) is 5.84. The van der Waals surface area contributed by atoms with Crippen LogP contribution in [0.5, 0.6) is 0 Å². The van der Waals surface area contributed by atoms with Crippen molar-refractivity contribution in [2.24, 2.45) is 0 Å². The Kier molecular flexibility index (Phi) is 4.45. The average molecular weight is 357 g/mol. The number of hydrogen-bond donors (Lipinski definition) is 1. The van der Waals surface area contributed by atoms with E-state index in [1.165, 1.54) is 12.1 Å². The molecule has 0 aliphatic rings. The number of aryl methyl sites for hydroxylation is 2. The van der Waals surface area contributed by atoms with Crippen molar-refractivity contribution in [2.75, 3.05) is 5.32 Å². The molecular weight excluding hydrogens is 345 g/mol. The summed E-state index contributed by atoms with van der Waals surface area (Å²) >= 11 is 9.06. The Morgan fingerprint density at radius 2 is 1.80 bits per heavy atom. The van der Waals surface area contributed by atoms with Gasteiger partial charge in [-0.2, -0.15) is 0 Å². The van der Waals surface area contributed by atoms with Crippen LogP contribution in [0, 0.1) is 19.7 Å². The van der Waals surface area contributed by atoms with Crippen molar-refractivity contribution in [2.45, 2.75) is 13.8 Å². The summed E-state index contributed by atoms with van der Waals surface area (Å²) in [5.74, 6) is -1.13. The number of carbonyl (C=O) groups excluding carboxylic acids is 1. The van der Waals surface area contributed by atoms with Gasteiger partial charge in [0.25, 0.3) is 5.91 Å². The predicted molar refractivity (Wildman–Crippen MR) is 83.0 cm³/mol.